The van der Waals surface area contributed by atoms with E-state index in [9.17, 15) is 9.59 Å². The van der Waals surface area contributed by atoms with E-state index < -0.39 is 12.1 Å². The van der Waals surface area contributed by atoms with Crippen LogP contribution in [0.15, 0.2) is 6.33 Å². The average molecular weight is 283 g/mol. The number of carboxylic acids is 1. The quantitative estimate of drug-likeness (QED) is 0.654. The third-order valence-corrected chi connectivity index (χ3v) is 3.09. The fourth-order valence-corrected chi connectivity index (χ4v) is 1.93. The van der Waals surface area contributed by atoms with Crippen molar-refractivity contribution in [1.29, 1.82) is 0 Å². The van der Waals surface area contributed by atoms with Crippen molar-refractivity contribution in [3.05, 3.63) is 12.2 Å². The lowest BCUT2D eigenvalue weighted by Crippen LogP contribution is -2.40. The molecule has 0 aromatic carbocycles. The fraction of sp³-hybridized carbons (Fsp3) is 0.636. The first-order valence-corrected chi connectivity index (χ1v) is 6.29. The highest BCUT2D eigenvalue weighted by Gasteiger charge is 2.30. The fourth-order valence-electron chi connectivity index (χ4n) is 1.93. The monoisotopic (exact) mass is 283 g/mol. The third-order valence-electron chi connectivity index (χ3n) is 3.09. The minimum absolute atomic E-state index is 0.253. The smallest absolute Gasteiger partial charge is 0.332 e. The Morgan fingerprint density at radius 2 is 2.30 bits per heavy atom. The highest BCUT2D eigenvalue weighted by atomic mass is 16.5. The van der Waals surface area contributed by atoms with Crippen molar-refractivity contribution >= 4 is 12.0 Å². The van der Waals surface area contributed by atoms with Crippen LogP contribution < -0.4 is 10.6 Å². The molecule has 1 aromatic heterocycles. The SMILES string of the molecule is Cn1cnnc1CNC(=O)NCC1CCC(C(=O)O)O1. The number of carbonyl (C=O) groups excluding carboxylic acids is 1. The number of ether oxygens (including phenoxy) is 1. The zero-order chi connectivity index (χ0) is 14.5. The maximum Gasteiger partial charge on any atom is 0.332 e. The Morgan fingerprint density at radius 3 is 2.90 bits per heavy atom. The Morgan fingerprint density at radius 1 is 1.50 bits per heavy atom. The van der Waals surface area contributed by atoms with E-state index in [1.54, 1.807) is 17.9 Å². The summed E-state index contributed by atoms with van der Waals surface area (Å²) in [7, 11) is 1.79. The molecule has 1 aromatic rings. The van der Waals surface area contributed by atoms with Crippen LogP contribution in [0, 0.1) is 0 Å². The van der Waals surface area contributed by atoms with Gasteiger partial charge in [0.15, 0.2) is 11.9 Å². The van der Waals surface area contributed by atoms with Gasteiger partial charge in [-0.05, 0) is 12.8 Å². The number of aromatic nitrogens is 3. The van der Waals surface area contributed by atoms with Gasteiger partial charge in [0.1, 0.15) is 6.33 Å². The molecule has 0 radical (unpaired) electrons. The van der Waals surface area contributed by atoms with Gasteiger partial charge in [0, 0.05) is 13.6 Å². The first-order valence-electron chi connectivity index (χ1n) is 6.29. The van der Waals surface area contributed by atoms with Crippen LogP contribution in [0.1, 0.15) is 18.7 Å². The summed E-state index contributed by atoms with van der Waals surface area (Å²) in [5.74, 6) is -0.317. The van der Waals surface area contributed by atoms with Gasteiger partial charge in [-0.25, -0.2) is 9.59 Å². The molecule has 1 aliphatic heterocycles. The van der Waals surface area contributed by atoms with Crippen molar-refractivity contribution in [2.45, 2.75) is 31.6 Å². The standard InChI is InChI=1S/C11H17N5O4/c1-16-6-14-15-9(16)5-13-11(19)12-4-7-2-3-8(20-7)10(17)18/h6-8H,2-5H2,1H3,(H,17,18)(H2,12,13,19). The molecule has 2 amide bonds. The lowest BCUT2D eigenvalue weighted by molar-refractivity contribution is -0.149. The first-order chi connectivity index (χ1) is 9.56. The zero-order valence-electron chi connectivity index (χ0n) is 11.1. The van der Waals surface area contributed by atoms with Gasteiger partial charge < -0.3 is 25.0 Å². The van der Waals surface area contributed by atoms with Crippen molar-refractivity contribution in [2.24, 2.45) is 7.05 Å². The second-order valence-corrected chi connectivity index (χ2v) is 4.58. The number of urea groups is 1. The second kappa shape index (κ2) is 6.33. The molecule has 2 rings (SSSR count). The van der Waals surface area contributed by atoms with Gasteiger partial charge in [-0.2, -0.15) is 0 Å². The predicted molar refractivity (Wildman–Crippen MR) is 66.8 cm³/mol. The van der Waals surface area contributed by atoms with E-state index in [4.69, 9.17) is 9.84 Å². The van der Waals surface area contributed by atoms with Crippen molar-refractivity contribution in [1.82, 2.24) is 25.4 Å². The van der Waals surface area contributed by atoms with Gasteiger partial charge >= 0.3 is 12.0 Å². The number of aliphatic carboxylic acids is 1. The molecule has 1 saturated heterocycles. The third kappa shape index (κ3) is 3.67. The molecule has 2 unspecified atom stereocenters. The molecule has 1 fully saturated rings. The molecule has 9 nitrogen and oxygen atoms in total. The molecule has 20 heavy (non-hydrogen) atoms. The molecule has 0 aliphatic carbocycles. The number of nitrogens with one attached hydrogen (secondary N) is 2. The molecule has 1 aliphatic rings. The van der Waals surface area contributed by atoms with Gasteiger partial charge in [0.2, 0.25) is 0 Å². The molecule has 0 bridgehead atoms. The molecule has 9 heteroatoms. The Kier molecular flexibility index (Phi) is 4.51. The lowest BCUT2D eigenvalue weighted by Gasteiger charge is -2.12. The van der Waals surface area contributed by atoms with Crippen molar-refractivity contribution in [3.8, 4) is 0 Å². The zero-order valence-corrected chi connectivity index (χ0v) is 11.1. The van der Waals surface area contributed by atoms with E-state index in [0.29, 0.717) is 18.7 Å². The van der Waals surface area contributed by atoms with Crippen molar-refractivity contribution in [3.63, 3.8) is 0 Å². The van der Waals surface area contributed by atoms with Gasteiger partial charge in [0.25, 0.3) is 0 Å². The van der Waals surface area contributed by atoms with E-state index in [1.807, 2.05) is 0 Å². The number of hydrogen-bond donors (Lipinski definition) is 3. The summed E-state index contributed by atoms with van der Waals surface area (Å²) in [6, 6.07) is -0.352. The summed E-state index contributed by atoms with van der Waals surface area (Å²) in [6.07, 6.45) is 1.64. The number of rotatable bonds is 5. The van der Waals surface area contributed by atoms with Crippen LogP contribution in [0.25, 0.3) is 0 Å². The number of carbonyl (C=O) groups is 2. The van der Waals surface area contributed by atoms with Crippen LogP contribution in [-0.2, 0) is 23.1 Å². The van der Waals surface area contributed by atoms with E-state index in [0.717, 1.165) is 0 Å². The topological polar surface area (TPSA) is 118 Å². The molecule has 0 saturated carbocycles. The Labute approximate surface area is 115 Å². The molecule has 2 atom stereocenters. The Bertz CT molecular complexity index is 489. The van der Waals surface area contributed by atoms with Gasteiger partial charge in [-0.3, -0.25) is 0 Å². The van der Waals surface area contributed by atoms with Crippen LogP contribution in [0.3, 0.4) is 0 Å². The largest absolute Gasteiger partial charge is 0.479 e. The molecule has 110 valence electrons. The van der Waals surface area contributed by atoms with Crippen LogP contribution >= 0.6 is 0 Å². The molecule has 3 N–H and O–H groups in total. The minimum atomic E-state index is -0.959. The first kappa shape index (κ1) is 14.3. The van der Waals surface area contributed by atoms with Crippen LogP contribution in [-0.4, -0.2) is 50.6 Å². The number of amides is 2. The normalized spacial score (nSPS) is 21.6. The number of nitrogens with zero attached hydrogens (tertiary/aromatic N) is 3. The highest BCUT2D eigenvalue weighted by molar-refractivity contribution is 5.74. The van der Waals surface area contributed by atoms with Crippen molar-refractivity contribution < 1.29 is 19.4 Å². The molecular weight excluding hydrogens is 266 g/mol. The molecule has 2 heterocycles. The number of aryl methyl sites for hydroxylation is 1. The second-order valence-electron chi connectivity index (χ2n) is 4.58. The number of carboxylic acid groups (broad SMARTS) is 1. The summed E-state index contributed by atoms with van der Waals surface area (Å²) in [5.41, 5.74) is 0. The minimum Gasteiger partial charge on any atom is -0.479 e. The molecular formula is C11H17N5O4. The maximum absolute atomic E-state index is 11.6. The summed E-state index contributed by atoms with van der Waals surface area (Å²) in [5, 5.41) is 21.6. The van der Waals surface area contributed by atoms with E-state index in [2.05, 4.69) is 20.8 Å². The summed E-state index contributed by atoms with van der Waals surface area (Å²) in [4.78, 5) is 22.3. The van der Waals surface area contributed by atoms with E-state index in [1.165, 1.54) is 0 Å². The Hall–Kier alpha value is -2.16. The van der Waals surface area contributed by atoms with E-state index in [-0.39, 0.29) is 25.2 Å². The van der Waals surface area contributed by atoms with Gasteiger partial charge in [-0.1, -0.05) is 0 Å². The summed E-state index contributed by atoms with van der Waals surface area (Å²) in [6.45, 7) is 0.556. The molecule has 0 spiro atoms. The van der Waals surface area contributed by atoms with E-state index >= 15 is 0 Å². The highest BCUT2D eigenvalue weighted by Crippen LogP contribution is 2.19. The summed E-state index contributed by atoms with van der Waals surface area (Å²) < 4.78 is 6.98. The average Bonchev–Trinajstić information content (AvgIpc) is 3.03. The van der Waals surface area contributed by atoms with Crippen LogP contribution in [0.4, 0.5) is 4.79 Å². The van der Waals surface area contributed by atoms with Crippen molar-refractivity contribution in [2.75, 3.05) is 6.54 Å². The maximum atomic E-state index is 11.6. The predicted octanol–water partition coefficient (Wildman–Crippen LogP) is -0.753. The van der Waals surface area contributed by atoms with Crippen LogP contribution in [0.2, 0.25) is 0 Å². The van der Waals surface area contributed by atoms with Gasteiger partial charge in [-0.15, -0.1) is 10.2 Å². The summed E-state index contributed by atoms with van der Waals surface area (Å²) >= 11 is 0. The number of hydrogen-bond acceptors (Lipinski definition) is 5. The Balaban J connectivity index is 1.66. The lowest BCUT2D eigenvalue weighted by atomic mass is 10.2. The van der Waals surface area contributed by atoms with Crippen LogP contribution in [0.5, 0.6) is 0 Å². The van der Waals surface area contributed by atoms with Gasteiger partial charge in [0.05, 0.1) is 12.6 Å².